The summed E-state index contributed by atoms with van der Waals surface area (Å²) in [5.74, 6) is 0.197. The molecular weight excluding hydrogens is 427 g/mol. The van der Waals surface area contributed by atoms with Gasteiger partial charge in [0.1, 0.15) is 11.6 Å². The average Bonchev–Trinajstić information content (AvgIpc) is 3.04. The van der Waals surface area contributed by atoms with Gasteiger partial charge in [0.25, 0.3) is 5.56 Å². The first-order chi connectivity index (χ1) is 13.5. The number of nitrogens with one attached hydrogen (secondary N) is 1. The summed E-state index contributed by atoms with van der Waals surface area (Å²) in [5.41, 5.74) is 0.575. The van der Waals surface area contributed by atoms with Crippen LogP contribution in [-0.2, 0) is 13.1 Å². The van der Waals surface area contributed by atoms with Crippen molar-refractivity contribution in [3.8, 4) is 11.4 Å². The number of H-pyrrole nitrogens is 1. The van der Waals surface area contributed by atoms with E-state index in [-0.39, 0.29) is 5.82 Å². The molecule has 0 aliphatic heterocycles. The summed E-state index contributed by atoms with van der Waals surface area (Å²) in [6.07, 6.45) is 4.66. The predicted molar refractivity (Wildman–Crippen MR) is 112 cm³/mol. The minimum atomic E-state index is -0.448. The zero-order valence-corrected chi connectivity index (χ0v) is 17.7. The number of unbranched alkanes of at least 4 members (excludes halogenated alkanes) is 3. The van der Waals surface area contributed by atoms with Gasteiger partial charge in [-0.1, -0.05) is 33.1 Å². The maximum absolute atomic E-state index is 13.7. The molecule has 0 amide bonds. The zero-order valence-electron chi connectivity index (χ0n) is 16.1. The van der Waals surface area contributed by atoms with E-state index in [1.54, 1.807) is 12.1 Å². The number of hydrogen-bond donors (Lipinski definition) is 1. The van der Waals surface area contributed by atoms with Gasteiger partial charge < -0.3 is 4.57 Å². The van der Waals surface area contributed by atoms with E-state index in [0.29, 0.717) is 40.1 Å². The van der Waals surface area contributed by atoms with E-state index >= 15 is 0 Å². The van der Waals surface area contributed by atoms with Gasteiger partial charge in [0.15, 0.2) is 11.2 Å². The Labute approximate surface area is 170 Å². The van der Waals surface area contributed by atoms with Crippen LogP contribution in [0.3, 0.4) is 0 Å². The molecule has 0 unspecified atom stereocenters. The number of imidazole rings is 1. The van der Waals surface area contributed by atoms with Crippen LogP contribution in [0.25, 0.3) is 22.6 Å². The number of halogens is 2. The number of aromatic amines is 1. The molecule has 8 heteroatoms. The molecule has 0 atom stereocenters. The highest BCUT2D eigenvalue weighted by Gasteiger charge is 2.20. The van der Waals surface area contributed by atoms with Crippen molar-refractivity contribution in [3.05, 3.63) is 49.3 Å². The highest BCUT2D eigenvalue weighted by molar-refractivity contribution is 9.10. The topological polar surface area (TPSA) is 72.7 Å². The van der Waals surface area contributed by atoms with Crippen molar-refractivity contribution in [1.82, 2.24) is 19.1 Å². The molecule has 0 saturated carbocycles. The van der Waals surface area contributed by atoms with E-state index < -0.39 is 11.2 Å². The van der Waals surface area contributed by atoms with Gasteiger partial charge in [0.2, 0.25) is 0 Å². The average molecular weight is 451 g/mol. The molecule has 2 aromatic heterocycles. The summed E-state index contributed by atoms with van der Waals surface area (Å²) in [5, 5.41) is 0. The van der Waals surface area contributed by atoms with Crippen molar-refractivity contribution in [1.29, 1.82) is 0 Å². The number of aryl methyl sites for hydroxylation is 2. The Balaban J connectivity index is 2.27. The van der Waals surface area contributed by atoms with Gasteiger partial charge in [0, 0.05) is 18.7 Å². The fourth-order valence-electron chi connectivity index (χ4n) is 3.29. The number of hydrogen-bond acceptors (Lipinski definition) is 3. The van der Waals surface area contributed by atoms with Crippen LogP contribution in [0.15, 0.2) is 32.3 Å². The van der Waals surface area contributed by atoms with E-state index in [9.17, 15) is 14.0 Å². The Morgan fingerprint density at radius 3 is 2.46 bits per heavy atom. The Bertz CT molecular complexity index is 1100. The molecule has 28 heavy (non-hydrogen) atoms. The summed E-state index contributed by atoms with van der Waals surface area (Å²) in [4.78, 5) is 32.1. The summed E-state index contributed by atoms with van der Waals surface area (Å²) in [6.45, 7) is 5.24. The largest absolute Gasteiger partial charge is 0.330 e. The third-order valence-electron chi connectivity index (χ3n) is 4.78. The Hall–Kier alpha value is -2.22. The van der Waals surface area contributed by atoms with Crippen molar-refractivity contribution in [3.63, 3.8) is 0 Å². The molecule has 0 spiro atoms. The van der Waals surface area contributed by atoms with Crippen LogP contribution in [0, 0.1) is 5.82 Å². The maximum Gasteiger partial charge on any atom is 0.330 e. The molecule has 0 aliphatic rings. The van der Waals surface area contributed by atoms with E-state index in [1.807, 2.05) is 11.5 Å². The van der Waals surface area contributed by atoms with Crippen LogP contribution in [0.4, 0.5) is 4.39 Å². The number of aromatic nitrogens is 4. The lowest BCUT2D eigenvalue weighted by Crippen LogP contribution is -2.31. The second-order valence-corrected chi connectivity index (χ2v) is 7.71. The summed E-state index contributed by atoms with van der Waals surface area (Å²) < 4.78 is 17.4. The van der Waals surface area contributed by atoms with Crippen LogP contribution in [0.5, 0.6) is 0 Å². The fraction of sp³-hybridized carbons (Fsp3) is 0.450. The first-order valence-corrected chi connectivity index (χ1v) is 10.5. The lowest BCUT2D eigenvalue weighted by molar-refractivity contribution is 0.606. The molecule has 150 valence electrons. The van der Waals surface area contributed by atoms with Crippen LogP contribution in [-0.4, -0.2) is 19.1 Å². The monoisotopic (exact) mass is 450 g/mol. The standard InChI is InChI=1S/C20H24BrFN4O2/c1-3-5-7-11-25-16-18(26(10-6-4-2)20(28)24-19(16)27)23-17(25)13-8-9-15(22)14(21)12-13/h8-9,12H,3-7,10-11H2,1-2H3,(H,24,27,28). The predicted octanol–water partition coefficient (Wildman–Crippen LogP) is 4.45. The SMILES string of the molecule is CCCCCn1c(-c2ccc(F)c(Br)c2)nc2c1c(=O)[nH]c(=O)n2CCCC. The van der Waals surface area contributed by atoms with Gasteiger partial charge in [-0.2, -0.15) is 0 Å². The Morgan fingerprint density at radius 2 is 1.79 bits per heavy atom. The van der Waals surface area contributed by atoms with Crippen molar-refractivity contribution in [2.24, 2.45) is 0 Å². The molecule has 0 bridgehead atoms. The lowest BCUT2D eigenvalue weighted by Gasteiger charge is -2.09. The van der Waals surface area contributed by atoms with Gasteiger partial charge in [-0.05, 0) is 47.0 Å². The van der Waals surface area contributed by atoms with E-state index in [1.165, 1.54) is 10.6 Å². The quantitative estimate of drug-likeness (QED) is 0.515. The molecule has 0 radical (unpaired) electrons. The van der Waals surface area contributed by atoms with Gasteiger partial charge in [0.05, 0.1) is 4.47 Å². The first-order valence-electron chi connectivity index (χ1n) is 9.66. The molecule has 2 heterocycles. The second kappa shape index (κ2) is 8.86. The van der Waals surface area contributed by atoms with Crippen molar-refractivity contribution < 1.29 is 4.39 Å². The Morgan fingerprint density at radius 1 is 1.07 bits per heavy atom. The van der Waals surface area contributed by atoms with Gasteiger partial charge in [-0.3, -0.25) is 14.3 Å². The smallest absolute Gasteiger partial charge is 0.318 e. The zero-order chi connectivity index (χ0) is 20.3. The lowest BCUT2D eigenvalue weighted by atomic mass is 10.2. The van der Waals surface area contributed by atoms with E-state index in [4.69, 9.17) is 0 Å². The third-order valence-corrected chi connectivity index (χ3v) is 5.39. The van der Waals surface area contributed by atoms with Gasteiger partial charge >= 0.3 is 5.69 Å². The summed E-state index contributed by atoms with van der Waals surface area (Å²) >= 11 is 3.22. The highest BCUT2D eigenvalue weighted by atomic mass is 79.9. The van der Waals surface area contributed by atoms with Crippen molar-refractivity contribution >= 4 is 27.1 Å². The minimum absolute atomic E-state index is 0.328. The maximum atomic E-state index is 13.7. The normalized spacial score (nSPS) is 11.4. The van der Waals surface area contributed by atoms with Crippen molar-refractivity contribution in [2.75, 3.05) is 0 Å². The molecule has 6 nitrogen and oxygen atoms in total. The molecule has 0 aliphatic carbocycles. The van der Waals surface area contributed by atoms with Gasteiger partial charge in [-0.25, -0.2) is 14.2 Å². The fourth-order valence-corrected chi connectivity index (χ4v) is 3.67. The minimum Gasteiger partial charge on any atom is -0.318 e. The second-order valence-electron chi connectivity index (χ2n) is 6.86. The summed E-state index contributed by atoms with van der Waals surface area (Å²) in [7, 11) is 0. The number of fused-ring (bicyclic) bond motifs is 1. The van der Waals surface area contributed by atoms with E-state index in [0.717, 1.165) is 32.1 Å². The molecule has 3 aromatic rings. The molecule has 0 fully saturated rings. The van der Waals surface area contributed by atoms with Crippen LogP contribution >= 0.6 is 15.9 Å². The van der Waals surface area contributed by atoms with E-state index in [2.05, 4.69) is 32.8 Å². The van der Waals surface area contributed by atoms with Crippen molar-refractivity contribution in [2.45, 2.75) is 59.0 Å². The van der Waals surface area contributed by atoms with Crippen LogP contribution in [0.2, 0.25) is 0 Å². The number of benzene rings is 1. The first kappa shape index (κ1) is 20.5. The summed E-state index contributed by atoms with van der Waals surface area (Å²) in [6, 6.07) is 4.65. The molecule has 1 aromatic carbocycles. The molecule has 3 rings (SSSR count). The van der Waals surface area contributed by atoms with Gasteiger partial charge in [-0.15, -0.1) is 0 Å². The number of nitrogens with zero attached hydrogens (tertiary/aromatic N) is 3. The third kappa shape index (κ3) is 3.97. The van der Waals surface area contributed by atoms with Crippen LogP contribution < -0.4 is 11.2 Å². The highest BCUT2D eigenvalue weighted by Crippen LogP contribution is 2.27. The molecular formula is C20H24BrFN4O2. The number of rotatable bonds is 8. The van der Waals surface area contributed by atoms with Crippen LogP contribution in [0.1, 0.15) is 46.0 Å². The molecule has 0 saturated heterocycles. The molecule has 1 N–H and O–H groups in total. The Kier molecular flexibility index (Phi) is 6.49.